The van der Waals surface area contributed by atoms with Gasteiger partial charge in [-0.25, -0.2) is 0 Å². The Labute approximate surface area is 212 Å². The van der Waals surface area contributed by atoms with E-state index in [1.54, 1.807) is 4.90 Å². The highest BCUT2D eigenvalue weighted by Gasteiger charge is 2.37. The van der Waals surface area contributed by atoms with E-state index in [0.717, 1.165) is 41.9 Å². The van der Waals surface area contributed by atoms with Gasteiger partial charge in [-0.2, -0.15) is 0 Å². The zero-order valence-electron chi connectivity index (χ0n) is 20.9. The van der Waals surface area contributed by atoms with Gasteiger partial charge in [0.2, 0.25) is 5.91 Å². The highest BCUT2D eigenvalue weighted by Crippen LogP contribution is 2.31. The molecule has 2 fully saturated rings. The molecule has 0 aromatic heterocycles. The summed E-state index contributed by atoms with van der Waals surface area (Å²) < 4.78 is 0. The molecular weight excluding hydrogens is 452 g/mol. The number of hydrogen-bond donors (Lipinski definition) is 2. The Balaban J connectivity index is 1.13. The molecule has 0 bridgehead atoms. The van der Waals surface area contributed by atoms with Gasteiger partial charge in [-0.05, 0) is 73.6 Å². The van der Waals surface area contributed by atoms with E-state index in [2.05, 4.69) is 41.2 Å². The zero-order chi connectivity index (χ0) is 25.2. The predicted octanol–water partition coefficient (Wildman–Crippen LogP) is 3.96. The smallest absolute Gasteiger partial charge is 0.255 e. The molecule has 2 N–H and O–H groups in total. The summed E-state index contributed by atoms with van der Waals surface area (Å²) in [7, 11) is 0. The van der Waals surface area contributed by atoms with E-state index in [0.29, 0.717) is 31.5 Å². The molecule has 5 rings (SSSR count). The van der Waals surface area contributed by atoms with Crippen molar-refractivity contribution in [3.63, 3.8) is 0 Å². The summed E-state index contributed by atoms with van der Waals surface area (Å²) in [4.78, 5) is 42.0. The second kappa shape index (κ2) is 10.2. The van der Waals surface area contributed by atoms with Crippen LogP contribution in [0.3, 0.4) is 0 Å². The first-order valence-corrected chi connectivity index (χ1v) is 12.9. The van der Waals surface area contributed by atoms with Crippen LogP contribution >= 0.6 is 0 Å². The van der Waals surface area contributed by atoms with Crippen LogP contribution in [-0.4, -0.2) is 48.2 Å². The number of hydrogen-bond acceptors (Lipinski definition) is 5. The highest BCUT2D eigenvalue weighted by molar-refractivity contribution is 6.02. The van der Waals surface area contributed by atoms with Gasteiger partial charge in [0, 0.05) is 49.5 Å². The van der Waals surface area contributed by atoms with E-state index >= 15 is 0 Å². The molecule has 3 aliphatic rings. The molecule has 2 amide bonds. The van der Waals surface area contributed by atoms with Gasteiger partial charge in [-0.1, -0.05) is 24.3 Å². The lowest BCUT2D eigenvalue weighted by Crippen LogP contribution is -2.43. The van der Waals surface area contributed by atoms with Crippen molar-refractivity contribution in [1.82, 2.24) is 10.2 Å². The summed E-state index contributed by atoms with van der Waals surface area (Å²) in [5, 5.41) is 6.17. The minimum Gasteiger partial charge on any atom is -0.376 e. The van der Waals surface area contributed by atoms with E-state index < -0.39 is 0 Å². The second-order valence-electron chi connectivity index (χ2n) is 10.2. The number of allylic oxidation sites excluding steroid dienone is 1. The average Bonchev–Trinajstić information content (AvgIpc) is 3.50. The van der Waals surface area contributed by atoms with Gasteiger partial charge in [-0.15, -0.1) is 0 Å². The number of ketones is 1. The van der Waals surface area contributed by atoms with Crippen molar-refractivity contribution in [2.45, 2.75) is 58.2 Å². The fourth-order valence-electron chi connectivity index (χ4n) is 5.57. The number of aryl methyl sites for hydroxylation is 1. The van der Waals surface area contributed by atoms with Gasteiger partial charge in [0.05, 0.1) is 12.6 Å². The number of benzene rings is 2. The molecule has 2 aromatic carbocycles. The zero-order valence-corrected chi connectivity index (χ0v) is 20.9. The summed E-state index contributed by atoms with van der Waals surface area (Å²) in [6.07, 6.45) is 4.28. The molecule has 1 atom stereocenters. The fourth-order valence-corrected chi connectivity index (χ4v) is 5.57. The molecule has 7 heteroatoms. The lowest BCUT2D eigenvalue weighted by atomic mass is 9.90. The van der Waals surface area contributed by atoms with Crippen LogP contribution in [0.25, 0.3) is 0 Å². The Morgan fingerprint density at radius 1 is 1.11 bits per heavy atom. The number of anilines is 2. The SMILES string of the molecule is C=C1CCC(N2Cc3cc(CNC(=O)CNc4ccc(N5CCCC5)c(C)c4)ccc3C2=O)C(=O)C1. The second-order valence-corrected chi connectivity index (χ2v) is 10.2. The van der Waals surface area contributed by atoms with Crippen LogP contribution in [0.2, 0.25) is 0 Å². The third-order valence-electron chi connectivity index (χ3n) is 7.53. The van der Waals surface area contributed by atoms with Crippen molar-refractivity contribution in [2.24, 2.45) is 0 Å². The molecule has 36 heavy (non-hydrogen) atoms. The normalized spacial score (nSPS) is 19.6. The van der Waals surface area contributed by atoms with Gasteiger partial charge in [0.1, 0.15) is 0 Å². The topological polar surface area (TPSA) is 81.8 Å². The van der Waals surface area contributed by atoms with E-state index in [4.69, 9.17) is 0 Å². The third-order valence-corrected chi connectivity index (χ3v) is 7.53. The lowest BCUT2D eigenvalue weighted by Gasteiger charge is -2.30. The Hall–Kier alpha value is -3.61. The molecule has 1 saturated heterocycles. The van der Waals surface area contributed by atoms with E-state index in [1.807, 2.05) is 24.3 Å². The van der Waals surface area contributed by atoms with Crippen LogP contribution < -0.4 is 15.5 Å². The quantitative estimate of drug-likeness (QED) is 0.579. The van der Waals surface area contributed by atoms with Gasteiger partial charge >= 0.3 is 0 Å². The minimum absolute atomic E-state index is 0.0771. The van der Waals surface area contributed by atoms with Crippen LogP contribution in [0.15, 0.2) is 48.6 Å². The number of fused-ring (bicyclic) bond motifs is 1. The number of amides is 2. The van der Waals surface area contributed by atoms with Crippen LogP contribution in [0.1, 0.15) is 59.2 Å². The van der Waals surface area contributed by atoms with Crippen molar-refractivity contribution < 1.29 is 14.4 Å². The van der Waals surface area contributed by atoms with Crippen LogP contribution in [-0.2, 0) is 22.7 Å². The number of carbonyl (C=O) groups excluding carboxylic acids is 3. The highest BCUT2D eigenvalue weighted by atomic mass is 16.2. The van der Waals surface area contributed by atoms with Gasteiger partial charge in [0.15, 0.2) is 5.78 Å². The van der Waals surface area contributed by atoms with Crippen molar-refractivity contribution in [2.75, 3.05) is 29.9 Å². The van der Waals surface area contributed by atoms with Crippen LogP contribution in [0.5, 0.6) is 0 Å². The van der Waals surface area contributed by atoms with E-state index in [-0.39, 0.29) is 30.2 Å². The molecule has 7 nitrogen and oxygen atoms in total. The molecule has 1 unspecified atom stereocenters. The predicted molar refractivity (Wildman–Crippen MR) is 141 cm³/mol. The van der Waals surface area contributed by atoms with E-state index in [1.165, 1.54) is 24.1 Å². The standard InChI is InChI=1S/C29H34N4O3/c1-19-5-9-26(27(34)13-19)33-18-22-15-21(6-8-24(22)29(33)36)16-31-28(35)17-30-23-7-10-25(20(2)14-23)32-11-3-4-12-32/h6-8,10,14-15,26,30H,1,3-5,9,11-13,16-18H2,2H3,(H,31,35). The van der Waals surface area contributed by atoms with Crippen LogP contribution in [0.4, 0.5) is 11.4 Å². The molecule has 2 aliphatic heterocycles. The summed E-state index contributed by atoms with van der Waals surface area (Å²) in [6, 6.07) is 11.5. The molecule has 2 heterocycles. The first-order chi connectivity index (χ1) is 17.4. The summed E-state index contributed by atoms with van der Waals surface area (Å²) >= 11 is 0. The Morgan fingerprint density at radius 2 is 1.92 bits per heavy atom. The number of rotatable bonds is 7. The molecular formula is C29H34N4O3. The molecule has 0 radical (unpaired) electrons. The number of nitrogens with zero attached hydrogens (tertiary/aromatic N) is 2. The Bertz CT molecular complexity index is 1210. The molecule has 1 aliphatic carbocycles. The van der Waals surface area contributed by atoms with E-state index in [9.17, 15) is 14.4 Å². The average molecular weight is 487 g/mol. The maximum absolute atomic E-state index is 12.9. The first kappa shape index (κ1) is 24.1. The fraction of sp³-hybridized carbons (Fsp3) is 0.414. The third kappa shape index (κ3) is 5.01. The molecule has 0 spiro atoms. The lowest BCUT2D eigenvalue weighted by molar-refractivity contribution is -0.124. The van der Waals surface area contributed by atoms with Gasteiger partial charge in [0.25, 0.3) is 5.91 Å². The largest absolute Gasteiger partial charge is 0.376 e. The number of carbonyl (C=O) groups is 3. The minimum atomic E-state index is -0.363. The monoisotopic (exact) mass is 486 g/mol. The Kier molecular flexibility index (Phi) is 6.81. The molecule has 2 aromatic rings. The van der Waals surface area contributed by atoms with Crippen molar-refractivity contribution in [3.05, 3.63) is 70.8 Å². The molecule has 1 saturated carbocycles. The van der Waals surface area contributed by atoms with Gasteiger partial charge in [-0.3, -0.25) is 14.4 Å². The summed E-state index contributed by atoms with van der Waals surface area (Å²) in [6.45, 7) is 9.26. The summed E-state index contributed by atoms with van der Waals surface area (Å²) in [5.74, 6) is -0.0996. The first-order valence-electron chi connectivity index (χ1n) is 12.9. The molecule has 188 valence electrons. The maximum atomic E-state index is 12.9. The van der Waals surface area contributed by atoms with Gasteiger partial charge < -0.3 is 20.4 Å². The van der Waals surface area contributed by atoms with Crippen molar-refractivity contribution >= 4 is 29.0 Å². The number of Topliss-reactive ketones (excluding diaryl/α,β-unsaturated/α-hetero) is 1. The van der Waals surface area contributed by atoms with Crippen LogP contribution in [0, 0.1) is 6.92 Å². The summed E-state index contributed by atoms with van der Waals surface area (Å²) in [5.41, 5.74) is 6.86. The maximum Gasteiger partial charge on any atom is 0.255 e. The van der Waals surface area contributed by atoms with Crippen molar-refractivity contribution in [1.29, 1.82) is 0 Å². The number of nitrogens with one attached hydrogen (secondary N) is 2. The Morgan fingerprint density at radius 3 is 2.67 bits per heavy atom. The van der Waals surface area contributed by atoms with Crippen molar-refractivity contribution in [3.8, 4) is 0 Å².